The molecule has 4 aromatic carbocycles. The maximum Gasteiger partial charge on any atom is 0.343 e. The maximum absolute atomic E-state index is 13.4. The first-order chi connectivity index (χ1) is 19.2. The Bertz CT molecular complexity index is 1800. The number of hydrogen-bond donors (Lipinski definition) is 2. The van der Waals surface area contributed by atoms with Crippen LogP contribution in [0.15, 0.2) is 92.9 Å². The largest absolute Gasteiger partial charge is 0.421 e. The highest BCUT2D eigenvalue weighted by Crippen LogP contribution is 2.39. The van der Waals surface area contributed by atoms with E-state index in [4.69, 9.17) is 39.5 Å². The lowest BCUT2D eigenvalue weighted by Crippen LogP contribution is -2.19. The Kier molecular flexibility index (Phi) is 8.63. The van der Waals surface area contributed by atoms with Gasteiger partial charge in [0.1, 0.15) is 5.69 Å². The van der Waals surface area contributed by atoms with Crippen LogP contribution >= 0.6 is 66.7 Å². The molecule has 5 rings (SSSR count). The monoisotopic (exact) mass is 717 g/mol. The van der Waals surface area contributed by atoms with Gasteiger partial charge in [-0.05, 0) is 64.5 Å². The number of fused-ring (bicyclic) bond motifs is 1. The van der Waals surface area contributed by atoms with Gasteiger partial charge in [0, 0.05) is 36.6 Å². The molecule has 11 heteroatoms. The van der Waals surface area contributed by atoms with E-state index >= 15 is 0 Å². The second kappa shape index (κ2) is 12.2. The average molecular weight is 721 g/mol. The molecule has 0 bridgehead atoms. The Labute approximate surface area is 260 Å². The normalized spacial score (nSPS) is 11.2. The molecule has 5 aromatic rings. The predicted molar refractivity (Wildman–Crippen MR) is 167 cm³/mol. The van der Waals surface area contributed by atoms with Gasteiger partial charge < -0.3 is 9.72 Å². The SMILES string of the molecule is O=C(Oc1c(Br)cc(Br)cc1C=NNC(=O)c1[nH]c2c(Cl)cccc2c1-c1ccccc1Cl)c1ccc(Cl)cc1. The summed E-state index contributed by atoms with van der Waals surface area (Å²) in [6, 6.07) is 22.4. The van der Waals surface area contributed by atoms with E-state index < -0.39 is 11.9 Å². The van der Waals surface area contributed by atoms with Crippen molar-refractivity contribution in [1.29, 1.82) is 0 Å². The zero-order valence-corrected chi connectivity index (χ0v) is 25.6. The number of benzene rings is 4. The lowest BCUT2D eigenvalue weighted by atomic mass is 10.0. The van der Waals surface area contributed by atoms with Crippen LogP contribution in [0.25, 0.3) is 22.0 Å². The highest BCUT2D eigenvalue weighted by molar-refractivity contribution is 9.11. The van der Waals surface area contributed by atoms with E-state index in [0.717, 1.165) is 5.39 Å². The van der Waals surface area contributed by atoms with Crippen LogP contribution in [0.4, 0.5) is 0 Å². The van der Waals surface area contributed by atoms with Crippen molar-refractivity contribution in [2.45, 2.75) is 0 Å². The Morgan fingerprint density at radius 1 is 0.900 bits per heavy atom. The fraction of sp³-hybridized carbons (Fsp3) is 0. The summed E-state index contributed by atoms with van der Waals surface area (Å²) in [6.07, 6.45) is 1.38. The van der Waals surface area contributed by atoms with Crippen LogP contribution in [-0.4, -0.2) is 23.1 Å². The summed E-state index contributed by atoms with van der Waals surface area (Å²) in [4.78, 5) is 29.2. The van der Waals surface area contributed by atoms with Crippen LogP contribution in [0.2, 0.25) is 15.1 Å². The molecule has 1 amide bonds. The number of H-pyrrole nitrogens is 1. The number of nitrogens with zero attached hydrogens (tertiary/aromatic N) is 1. The lowest BCUT2D eigenvalue weighted by Gasteiger charge is -2.11. The van der Waals surface area contributed by atoms with E-state index in [9.17, 15) is 9.59 Å². The number of para-hydroxylation sites is 1. The van der Waals surface area contributed by atoms with Crippen molar-refractivity contribution in [3.05, 3.63) is 120 Å². The molecule has 1 aromatic heterocycles. The second-order valence-corrected chi connectivity index (χ2v) is 11.4. The highest BCUT2D eigenvalue weighted by atomic mass is 79.9. The van der Waals surface area contributed by atoms with Gasteiger partial charge in [0.2, 0.25) is 0 Å². The number of nitrogens with one attached hydrogen (secondary N) is 2. The maximum atomic E-state index is 13.4. The van der Waals surface area contributed by atoms with E-state index in [0.29, 0.717) is 51.8 Å². The molecule has 0 spiro atoms. The van der Waals surface area contributed by atoms with Crippen LogP contribution < -0.4 is 10.2 Å². The summed E-state index contributed by atoms with van der Waals surface area (Å²) in [7, 11) is 0. The van der Waals surface area contributed by atoms with E-state index in [1.807, 2.05) is 24.3 Å². The number of rotatable bonds is 6. The average Bonchev–Trinajstić information content (AvgIpc) is 3.32. The van der Waals surface area contributed by atoms with Crippen LogP contribution in [0.5, 0.6) is 5.75 Å². The molecule has 200 valence electrons. The molecule has 0 aliphatic rings. The Morgan fingerprint density at radius 2 is 1.62 bits per heavy atom. The Balaban J connectivity index is 1.46. The molecular formula is C29H16Br2Cl3N3O3. The smallest absolute Gasteiger partial charge is 0.343 e. The van der Waals surface area contributed by atoms with Crippen LogP contribution in [0.1, 0.15) is 26.4 Å². The van der Waals surface area contributed by atoms with Gasteiger partial charge in [-0.15, -0.1) is 0 Å². The molecule has 1 heterocycles. The zero-order chi connectivity index (χ0) is 28.4. The second-order valence-electron chi connectivity index (χ2n) is 8.42. The van der Waals surface area contributed by atoms with E-state index in [2.05, 4.69) is 47.4 Å². The van der Waals surface area contributed by atoms with Crippen molar-refractivity contribution in [3.8, 4) is 16.9 Å². The Hall–Kier alpha value is -3.14. The number of carbonyl (C=O) groups excluding carboxylic acids is 2. The molecular weight excluding hydrogens is 705 g/mol. The molecule has 40 heavy (non-hydrogen) atoms. The van der Waals surface area contributed by atoms with Crippen LogP contribution in [0.3, 0.4) is 0 Å². The number of hydrazone groups is 1. The molecule has 0 unspecified atom stereocenters. The molecule has 0 saturated heterocycles. The molecule has 2 N–H and O–H groups in total. The number of aromatic nitrogens is 1. The molecule has 0 atom stereocenters. The molecule has 0 fully saturated rings. The summed E-state index contributed by atoms with van der Waals surface area (Å²) >= 11 is 25.7. The van der Waals surface area contributed by atoms with Gasteiger partial charge in [-0.25, -0.2) is 10.2 Å². The fourth-order valence-electron chi connectivity index (χ4n) is 4.03. The topological polar surface area (TPSA) is 83.5 Å². The molecule has 0 aliphatic heterocycles. The van der Waals surface area contributed by atoms with Crippen molar-refractivity contribution >= 4 is 95.7 Å². The number of hydrogen-bond acceptors (Lipinski definition) is 4. The predicted octanol–water partition coefficient (Wildman–Crippen LogP) is 9.30. The standard InChI is InChI=1S/C29H16Br2Cl3N3O3/c30-17-12-16(27(21(31)13-17)40-29(39)15-8-10-18(32)11-9-15)14-35-37-28(38)26-24(19-4-1-2-6-22(19)33)20-5-3-7-23(34)25(20)36-26/h1-14,36H,(H,37,38). The summed E-state index contributed by atoms with van der Waals surface area (Å²) in [5, 5.41) is 6.32. The van der Waals surface area contributed by atoms with Crippen molar-refractivity contribution in [1.82, 2.24) is 10.4 Å². The van der Waals surface area contributed by atoms with Crippen LogP contribution in [-0.2, 0) is 0 Å². The molecule has 6 nitrogen and oxygen atoms in total. The summed E-state index contributed by atoms with van der Waals surface area (Å²) in [5.74, 6) is -0.889. The van der Waals surface area contributed by atoms with Crippen molar-refractivity contribution in [3.63, 3.8) is 0 Å². The highest BCUT2D eigenvalue weighted by Gasteiger charge is 2.22. The van der Waals surface area contributed by atoms with Gasteiger partial charge in [0.05, 0.1) is 26.8 Å². The van der Waals surface area contributed by atoms with Gasteiger partial charge in [0.25, 0.3) is 5.91 Å². The van der Waals surface area contributed by atoms with Gasteiger partial charge in [0.15, 0.2) is 5.75 Å². The van der Waals surface area contributed by atoms with Crippen molar-refractivity contribution in [2.75, 3.05) is 0 Å². The minimum Gasteiger partial charge on any atom is -0.421 e. The number of amides is 1. The quantitative estimate of drug-likeness (QED) is 0.0794. The number of esters is 1. The van der Waals surface area contributed by atoms with Gasteiger partial charge in [-0.2, -0.15) is 5.10 Å². The number of halogens is 5. The van der Waals surface area contributed by atoms with Gasteiger partial charge in [-0.1, -0.05) is 81.1 Å². The third-order valence-corrected chi connectivity index (χ3v) is 7.78. The van der Waals surface area contributed by atoms with Gasteiger partial charge in [-0.3, -0.25) is 4.79 Å². The third kappa shape index (κ3) is 5.96. The molecule has 0 saturated carbocycles. The van der Waals surface area contributed by atoms with Crippen molar-refractivity contribution < 1.29 is 14.3 Å². The van der Waals surface area contributed by atoms with E-state index in [1.54, 1.807) is 54.6 Å². The minimum absolute atomic E-state index is 0.218. The minimum atomic E-state index is -0.585. The third-order valence-electron chi connectivity index (χ3n) is 5.83. The first-order valence-corrected chi connectivity index (χ1v) is 14.3. The first-order valence-electron chi connectivity index (χ1n) is 11.6. The number of ether oxygens (including phenoxy) is 1. The number of carbonyl (C=O) groups is 2. The lowest BCUT2D eigenvalue weighted by molar-refractivity contribution is 0.0733. The summed E-state index contributed by atoms with van der Waals surface area (Å²) < 4.78 is 6.86. The molecule has 0 radical (unpaired) electrons. The van der Waals surface area contributed by atoms with E-state index in [-0.39, 0.29) is 11.4 Å². The Morgan fingerprint density at radius 3 is 2.38 bits per heavy atom. The van der Waals surface area contributed by atoms with Crippen molar-refractivity contribution in [2.24, 2.45) is 5.10 Å². The zero-order valence-electron chi connectivity index (χ0n) is 20.1. The summed E-state index contributed by atoms with van der Waals surface area (Å²) in [6.45, 7) is 0. The molecule has 0 aliphatic carbocycles. The van der Waals surface area contributed by atoms with E-state index in [1.165, 1.54) is 6.21 Å². The number of aromatic amines is 1. The fourth-order valence-corrected chi connectivity index (χ4v) is 5.95. The summed E-state index contributed by atoms with van der Waals surface area (Å²) in [5.41, 5.74) is 5.38. The van der Waals surface area contributed by atoms with Gasteiger partial charge >= 0.3 is 5.97 Å². The van der Waals surface area contributed by atoms with Crippen LogP contribution in [0, 0.1) is 0 Å². The first kappa shape index (κ1) is 28.4.